The highest BCUT2D eigenvalue weighted by Gasteiger charge is 2.24. The van der Waals surface area contributed by atoms with E-state index in [0.29, 0.717) is 23.5 Å². The van der Waals surface area contributed by atoms with Gasteiger partial charge in [-0.15, -0.1) is 0 Å². The Morgan fingerprint density at radius 2 is 1.52 bits per heavy atom. The van der Waals surface area contributed by atoms with Crippen molar-refractivity contribution >= 4 is 23.0 Å². The minimum Gasteiger partial charge on any atom is -0.377 e. The minimum atomic E-state index is -0.465. The number of amides is 1. The molecular formula is C25H27N3O3. The van der Waals surface area contributed by atoms with Crippen molar-refractivity contribution in [1.29, 1.82) is 0 Å². The van der Waals surface area contributed by atoms with Crippen molar-refractivity contribution in [3.8, 4) is 0 Å². The number of benzene rings is 2. The summed E-state index contributed by atoms with van der Waals surface area (Å²) in [5.41, 5.74) is 3.25. The summed E-state index contributed by atoms with van der Waals surface area (Å²) in [4.78, 5) is 36.4. The largest absolute Gasteiger partial charge is 0.377 e. The zero-order valence-electron chi connectivity index (χ0n) is 17.7. The van der Waals surface area contributed by atoms with E-state index < -0.39 is 10.9 Å². The fraction of sp³-hybridized carbons (Fsp3) is 0.320. The standard InChI is InChI=1S/C25H27N3O3/c1-16-7-13-20(14-8-16)28-25(31)18-11-9-17(10-12-18)15-26-21-22(24(30)23(21)29)27-19-5-3-2-4-6-19/h7-14,19,26-27H,2-6,15H2,1H3,(H,28,31). The smallest absolute Gasteiger partial charge is 0.255 e. The second kappa shape index (κ2) is 9.16. The molecular weight excluding hydrogens is 390 g/mol. The number of carbonyl (C=O) groups is 1. The van der Waals surface area contributed by atoms with Crippen molar-refractivity contribution < 1.29 is 4.79 Å². The summed E-state index contributed by atoms with van der Waals surface area (Å²) in [5.74, 6) is -0.176. The molecule has 4 rings (SSSR count). The molecule has 0 radical (unpaired) electrons. The van der Waals surface area contributed by atoms with Crippen LogP contribution in [-0.4, -0.2) is 11.9 Å². The summed E-state index contributed by atoms with van der Waals surface area (Å²) in [6.07, 6.45) is 5.60. The van der Waals surface area contributed by atoms with Gasteiger partial charge in [-0.1, -0.05) is 49.1 Å². The fourth-order valence-corrected chi connectivity index (χ4v) is 3.95. The topological polar surface area (TPSA) is 87.3 Å². The molecule has 6 nitrogen and oxygen atoms in total. The third-order valence-corrected chi connectivity index (χ3v) is 5.86. The Morgan fingerprint density at radius 3 is 2.19 bits per heavy atom. The predicted molar refractivity (Wildman–Crippen MR) is 125 cm³/mol. The molecule has 0 heterocycles. The van der Waals surface area contributed by atoms with Gasteiger partial charge in [0.15, 0.2) is 0 Å². The van der Waals surface area contributed by atoms with Gasteiger partial charge in [-0.05, 0) is 49.6 Å². The van der Waals surface area contributed by atoms with Gasteiger partial charge in [0.05, 0.1) is 0 Å². The minimum absolute atomic E-state index is 0.176. The van der Waals surface area contributed by atoms with E-state index >= 15 is 0 Å². The summed E-state index contributed by atoms with van der Waals surface area (Å²) >= 11 is 0. The van der Waals surface area contributed by atoms with Gasteiger partial charge in [-0.3, -0.25) is 14.4 Å². The van der Waals surface area contributed by atoms with E-state index in [1.165, 1.54) is 6.42 Å². The van der Waals surface area contributed by atoms with E-state index in [4.69, 9.17) is 0 Å². The molecule has 1 aliphatic rings. The van der Waals surface area contributed by atoms with Crippen LogP contribution >= 0.6 is 0 Å². The average Bonchev–Trinajstić information content (AvgIpc) is 2.80. The van der Waals surface area contributed by atoms with Crippen molar-refractivity contribution in [3.63, 3.8) is 0 Å². The number of rotatable bonds is 7. The maximum absolute atomic E-state index is 12.4. The normalized spacial score (nSPS) is 14.4. The van der Waals surface area contributed by atoms with Gasteiger partial charge in [0.1, 0.15) is 11.4 Å². The van der Waals surface area contributed by atoms with Gasteiger partial charge < -0.3 is 16.0 Å². The second-order valence-electron chi connectivity index (χ2n) is 8.26. The third-order valence-electron chi connectivity index (χ3n) is 5.86. The van der Waals surface area contributed by atoms with Gasteiger partial charge in [0, 0.05) is 23.8 Å². The number of hydrogen-bond acceptors (Lipinski definition) is 5. The Bertz CT molecular complexity index is 1120. The molecule has 31 heavy (non-hydrogen) atoms. The molecule has 1 fully saturated rings. The molecule has 0 saturated heterocycles. The number of nitrogens with one attached hydrogen (secondary N) is 3. The lowest BCUT2D eigenvalue weighted by Crippen LogP contribution is -2.40. The Labute approximate surface area is 181 Å². The Kier molecular flexibility index (Phi) is 6.16. The monoisotopic (exact) mass is 417 g/mol. The van der Waals surface area contributed by atoms with E-state index in [9.17, 15) is 14.4 Å². The van der Waals surface area contributed by atoms with Crippen LogP contribution in [0, 0.1) is 6.92 Å². The molecule has 3 N–H and O–H groups in total. The molecule has 6 heteroatoms. The van der Waals surface area contributed by atoms with Crippen LogP contribution in [0.1, 0.15) is 53.6 Å². The van der Waals surface area contributed by atoms with E-state index in [1.807, 2.05) is 43.3 Å². The lowest BCUT2D eigenvalue weighted by Gasteiger charge is -2.25. The highest BCUT2D eigenvalue weighted by Crippen LogP contribution is 2.24. The van der Waals surface area contributed by atoms with Crippen molar-refractivity contribution in [2.24, 2.45) is 0 Å². The highest BCUT2D eigenvalue weighted by molar-refractivity contribution is 6.04. The highest BCUT2D eigenvalue weighted by atomic mass is 16.2. The van der Waals surface area contributed by atoms with Crippen molar-refractivity contribution in [3.05, 3.63) is 85.7 Å². The summed E-state index contributed by atoms with van der Waals surface area (Å²) in [6.45, 7) is 2.40. The maximum atomic E-state index is 12.4. The quantitative estimate of drug-likeness (QED) is 0.502. The molecule has 0 aromatic heterocycles. The van der Waals surface area contributed by atoms with Crippen molar-refractivity contribution in [2.75, 3.05) is 16.0 Å². The van der Waals surface area contributed by atoms with Crippen LogP contribution in [0.2, 0.25) is 0 Å². The summed E-state index contributed by atoms with van der Waals surface area (Å²) in [6, 6.07) is 15.1. The van der Waals surface area contributed by atoms with E-state index in [2.05, 4.69) is 16.0 Å². The van der Waals surface area contributed by atoms with Crippen LogP contribution in [-0.2, 0) is 6.54 Å². The number of hydrogen-bond donors (Lipinski definition) is 3. The van der Waals surface area contributed by atoms with Gasteiger partial charge in [0.2, 0.25) is 0 Å². The van der Waals surface area contributed by atoms with Gasteiger partial charge in [0.25, 0.3) is 16.8 Å². The van der Waals surface area contributed by atoms with Crippen LogP contribution in [0.5, 0.6) is 0 Å². The second-order valence-corrected chi connectivity index (χ2v) is 8.26. The molecule has 3 aromatic carbocycles. The first-order chi connectivity index (χ1) is 15.0. The first kappa shape index (κ1) is 20.8. The van der Waals surface area contributed by atoms with Gasteiger partial charge in [-0.2, -0.15) is 0 Å². The summed E-state index contributed by atoms with van der Waals surface area (Å²) in [7, 11) is 0. The lowest BCUT2D eigenvalue weighted by molar-refractivity contribution is 0.102. The van der Waals surface area contributed by atoms with Gasteiger partial charge in [-0.25, -0.2) is 0 Å². The van der Waals surface area contributed by atoms with Crippen LogP contribution < -0.4 is 26.8 Å². The summed E-state index contributed by atoms with van der Waals surface area (Å²) < 4.78 is 0. The third kappa shape index (κ3) is 4.85. The van der Waals surface area contributed by atoms with Crippen LogP contribution in [0.4, 0.5) is 17.1 Å². The Hall–Kier alpha value is -3.41. The summed E-state index contributed by atoms with van der Waals surface area (Å²) in [5, 5.41) is 9.24. The molecule has 0 spiro atoms. The number of carbonyl (C=O) groups excluding carboxylic acids is 1. The van der Waals surface area contributed by atoms with Crippen LogP contribution in [0.15, 0.2) is 58.1 Å². The zero-order valence-corrected chi connectivity index (χ0v) is 17.7. The predicted octanol–water partition coefficient (Wildman–Crippen LogP) is 4.20. The molecule has 160 valence electrons. The molecule has 0 aliphatic heterocycles. The van der Waals surface area contributed by atoms with Crippen LogP contribution in [0.25, 0.3) is 0 Å². The van der Waals surface area contributed by atoms with Gasteiger partial charge >= 0.3 is 0 Å². The molecule has 3 aromatic rings. The van der Waals surface area contributed by atoms with E-state index in [1.54, 1.807) is 12.1 Å². The first-order valence-corrected chi connectivity index (χ1v) is 10.8. The molecule has 0 unspecified atom stereocenters. The van der Waals surface area contributed by atoms with Crippen molar-refractivity contribution in [2.45, 2.75) is 51.6 Å². The first-order valence-electron chi connectivity index (χ1n) is 10.8. The maximum Gasteiger partial charge on any atom is 0.255 e. The van der Waals surface area contributed by atoms with E-state index in [-0.39, 0.29) is 11.9 Å². The lowest BCUT2D eigenvalue weighted by atomic mass is 9.95. The van der Waals surface area contributed by atoms with Crippen LogP contribution in [0.3, 0.4) is 0 Å². The molecule has 0 bridgehead atoms. The molecule has 1 saturated carbocycles. The fourth-order valence-electron chi connectivity index (χ4n) is 3.95. The SMILES string of the molecule is Cc1ccc(NC(=O)c2ccc(CNc3c(NC4CCCCC4)c(=O)c3=O)cc2)cc1. The Balaban J connectivity index is 1.35. The van der Waals surface area contributed by atoms with Crippen molar-refractivity contribution in [1.82, 2.24) is 0 Å². The Morgan fingerprint density at radius 1 is 0.871 bits per heavy atom. The number of anilines is 3. The van der Waals surface area contributed by atoms with E-state index in [0.717, 1.165) is 42.5 Å². The number of aryl methyl sites for hydroxylation is 1. The molecule has 1 amide bonds. The molecule has 1 aliphatic carbocycles. The average molecular weight is 418 g/mol. The zero-order chi connectivity index (χ0) is 21.8. The molecule has 0 atom stereocenters.